The molecule has 4 heteroatoms. The molecule has 0 aliphatic heterocycles. The lowest BCUT2D eigenvalue weighted by Gasteiger charge is -2.35. The second kappa shape index (κ2) is 9.53. The van der Waals surface area contributed by atoms with E-state index >= 15 is 0 Å². The van der Waals surface area contributed by atoms with Crippen molar-refractivity contribution in [2.75, 3.05) is 0 Å². The summed E-state index contributed by atoms with van der Waals surface area (Å²) in [5, 5.41) is 6.90. The fourth-order valence-corrected chi connectivity index (χ4v) is 9.30. The van der Waals surface area contributed by atoms with Gasteiger partial charge in [0.05, 0.1) is 0 Å². The van der Waals surface area contributed by atoms with Gasteiger partial charge in [-0.3, -0.25) is 9.59 Å². The molecular weight excluding hydrogens is 408 g/mol. The first-order chi connectivity index (χ1) is 16.1. The highest BCUT2D eigenvalue weighted by molar-refractivity contribution is 5.80. The molecule has 2 amide bonds. The zero-order valence-electron chi connectivity index (χ0n) is 20.6. The highest BCUT2D eigenvalue weighted by atomic mass is 16.2. The van der Waals surface area contributed by atoms with Gasteiger partial charge in [0, 0.05) is 23.9 Å². The first-order valence-corrected chi connectivity index (χ1v) is 14.7. The van der Waals surface area contributed by atoms with E-state index in [0.717, 1.165) is 36.5 Å². The van der Waals surface area contributed by atoms with E-state index in [4.69, 9.17) is 0 Å². The second-order valence-corrected chi connectivity index (χ2v) is 13.3. The Labute approximate surface area is 200 Å². The van der Waals surface area contributed by atoms with Crippen LogP contribution in [0.4, 0.5) is 0 Å². The van der Waals surface area contributed by atoms with Crippen molar-refractivity contribution in [1.29, 1.82) is 0 Å². The molecule has 4 nitrogen and oxygen atoms in total. The van der Waals surface area contributed by atoms with Crippen LogP contribution in [0.25, 0.3) is 0 Å². The highest BCUT2D eigenvalue weighted by Gasteiger charge is 2.44. The van der Waals surface area contributed by atoms with Gasteiger partial charge in [0.25, 0.3) is 0 Å². The third-order valence-electron chi connectivity index (χ3n) is 11.2. The van der Waals surface area contributed by atoms with Crippen LogP contribution in [-0.4, -0.2) is 23.9 Å². The molecule has 184 valence electrons. The number of fused-ring (bicyclic) bond motifs is 4. The van der Waals surface area contributed by atoms with Gasteiger partial charge in [-0.2, -0.15) is 0 Å². The summed E-state index contributed by atoms with van der Waals surface area (Å²) in [6.45, 7) is 0. The summed E-state index contributed by atoms with van der Waals surface area (Å²) in [5.74, 6) is 6.23. The van der Waals surface area contributed by atoms with Gasteiger partial charge in [-0.05, 0) is 132 Å². The summed E-state index contributed by atoms with van der Waals surface area (Å²) in [7, 11) is 0. The zero-order chi connectivity index (χ0) is 22.4. The van der Waals surface area contributed by atoms with E-state index < -0.39 is 0 Å². The maximum atomic E-state index is 12.8. The van der Waals surface area contributed by atoms with Crippen molar-refractivity contribution in [3.8, 4) is 0 Å². The number of amides is 2. The molecule has 0 radical (unpaired) electrons. The average molecular weight is 455 g/mol. The maximum Gasteiger partial charge on any atom is 0.223 e. The molecule has 0 saturated heterocycles. The van der Waals surface area contributed by atoms with Crippen molar-refractivity contribution in [2.24, 2.45) is 47.3 Å². The number of carbonyl (C=O) groups is 2. The van der Waals surface area contributed by atoms with Crippen LogP contribution in [-0.2, 0) is 9.59 Å². The molecule has 6 aliphatic rings. The molecule has 0 heterocycles. The molecular formula is C29H46N2O2. The summed E-state index contributed by atoms with van der Waals surface area (Å²) < 4.78 is 0. The first-order valence-electron chi connectivity index (χ1n) is 14.7. The summed E-state index contributed by atoms with van der Waals surface area (Å²) in [4.78, 5) is 25.6. The Morgan fingerprint density at radius 3 is 1.27 bits per heavy atom. The van der Waals surface area contributed by atoms with Crippen LogP contribution < -0.4 is 10.6 Å². The van der Waals surface area contributed by atoms with Gasteiger partial charge < -0.3 is 10.6 Å². The predicted molar refractivity (Wildman–Crippen MR) is 130 cm³/mol. The van der Waals surface area contributed by atoms with Gasteiger partial charge in [0.1, 0.15) is 0 Å². The lowest BCUT2D eigenvalue weighted by molar-refractivity contribution is -0.128. The standard InChI is InChI=1S/C29H46N2O2/c32-28(26-16-20-1-7-22(26)14-20)30-24-9-3-18(4-10-24)13-19-5-11-25(12-6-19)31-29(33)27-17-21-2-8-23(27)15-21/h18-27H,1-17H2,(H,30,32)(H,31,33)/t18?,19?,20-,21-,22-,23-,24?,25?,26-,27-/m0/s1. The summed E-state index contributed by atoms with van der Waals surface area (Å²) in [6, 6.07) is 0.870. The van der Waals surface area contributed by atoms with E-state index in [-0.39, 0.29) is 0 Å². The average Bonchev–Trinajstić information content (AvgIpc) is 3.63. The largest absolute Gasteiger partial charge is 0.353 e. The number of carbonyl (C=O) groups excluding carboxylic acids is 2. The Bertz CT molecular complexity index is 661. The predicted octanol–water partition coefficient (Wildman–Crippen LogP) is 5.60. The molecule has 0 spiro atoms. The molecule has 0 unspecified atom stereocenters. The Hall–Kier alpha value is -1.06. The Kier molecular flexibility index (Phi) is 6.47. The molecule has 0 aromatic heterocycles. The third kappa shape index (κ3) is 4.87. The van der Waals surface area contributed by atoms with E-state index in [1.807, 2.05) is 0 Å². The van der Waals surface area contributed by atoms with E-state index in [0.29, 0.717) is 47.6 Å². The smallest absolute Gasteiger partial charge is 0.223 e. The molecule has 6 aliphatic carbocycles. The summed E-state index contributed by atoms with van der Waals surface area (Å²) in [6.07, 6.45) is 21.6. The minimum absolute atomic E-state index is 0.334. The Balaban J connectivity index is 0.875. The van der Waals surface area contributed by atoms with E-state index in [1.54, 1.807) is 0 Å². The van der Waals surface area contributed by atoms with Crippen LogP contribution in [0.15, 0.2) is 0 Å². The minimum Gasteiger partial charge on any atom is -0.353 e. The molecule has 33 heavy (non-hydrogen) atoms. The maximum absolute atomic E-state index is 12.8. The Morgan fingerprint density at radius 2 is 0.939 bits per heavy atom. The lowest BCUT2D eigenvalue weighted by atomic mass is 9.75. The SMILES string of the molecule is O=C(NC1CCC(CC2CCC(NC(=O)[C@H]3C[C@H]4CC[C@H]3C4)CC2)CC1)[C@H]1C[C@H]2CC[C@H]1C2. The molecule has 6 saturated carbocycles. The normalized spacial score (nSPS) is 46.4. The van der Waals surface area contributed by atoms with Crippen molar-refractivity contribution in [3.63, 3.8) is 0 Å². The van der Waals surface area contributed by atoms with Crippen LogP contribution in [0.2, 0.25) is 0 Å². The van der Waals surface area contributed by atoms with Gasteiger partial charge in [-0.25, -0.2) is 0 Å². The van der Waals surface area contributed by atoms with Crippen molar-refractivity contribution >= 4 is 11.8 Å². The van der Waals surface area contributed by atoms with Crippen molar-refractivity contribution in [3.05, 3.63) is 0 Å². The number of hydrogen-bond acceptors (Lipinski definition) is 2. The van der Waals surface area contributed by atoms with Gasteiger partial charge in [-0.15, -0.1) is 0 Å². The van der Waals surface area contributed by atoms with Gasteiger partial charge in [0.2, 0.25) is 11.8 Å². The van der Waals surface area contributed by atoms with Gasteiger partial charge in [0.15, 0.2) is 0 Å². The molecule has 6 fully saturated rings. The van der Waals surface area contributed by atoms with Crippen LogP contribution in [0.5, 0.6) is 0 Å². The molecule has 0 aromatic carbocycles. The van der Waals surface area contributed by atoms with Gasteiger partial charge >= 0.3 is 0 Å². The topological polar surface area (TPSA) is 58.2 Å². The fourth-order valence-electron chi connectivity index (χ4n) is 9.30. The lowest BCUT2D eigenvalue weighted by Crippen LogP contribution is -2.43. The molecule has 6 rings (SSSR count). The molecule has 4 bridgehead atoms. The van der Waals surface area contributed by atoms with E-state index in [9.17, 15) is 9.59 Å². The van der Waals surface area contributed by atoms with Crippen molar-refractivity contribution in [2.45, 2.75) is 121 Å². The summed E-state index contributed by atoms with van der Waals surface area (Å²) in [5.41, 5.74) is 0. The van der Waals surface area contributed by atoms with Crippen LogP contribution >= 0.6 is 0 Å². The second-order valence-electron chi connectivity index (χ2n) is 13.3. The number of rotatable bonds is 6. The van der Waals surface area contributed by atoms with E-state index in [1.165, 1.54) is 96.3 Å². The first kappa shape index (κ1) is 22.4. The third-order valence-corrected chi connectivity index (χ3v) is 11.2. The monoisotopic (exact) mass is 454 g/mol. The van der Waals surface area contributed by atoms with Gasteiger partial charge in [-0.1, -0.05) is 12.8 Å². The van der Waals surface area contributed by atoms with Crippen molar-refractivity contribution < 1.29 is 9.59 Å². The Morgan fingerprint density at radius 1 is 0.515 bits per heavy atom. The summed E-state index contributed by atoms with van der Waals surface area (Å²) >= 11 is 0. The quantitative estimate of drug-likeness (QED) is 0.549. The van der Waals surface area contributed by atoms with E-state index in [2.05, 4.69) is 10.6 Å². The fraction of sp³-hybridized carbons (Fsp3) is 0.931. The van der Waals surface area contributed by atoms with Crippen molar-refractivity contribution in [1.82, 2.24) is 10.6 Å². The van der Waals surface area contributed by atoms with Crippen LogP contribution in [0.1, 0.15) is 109 Å². The van der Waals surface area contributed by atoms with Crippen LogP contribution in [0, 0.1) is 47.3 Å². The molecule has 6 atom stereocenters. The number of hydrogen-bond donors (Lipinski definition) is 2. The minimum atomic E-state index is 0.334. The number of nitrogens with one attached hydrogen (secondary N) is 2. The highest BCUT2D eigenvalue weighted by Crippen LogP contribution is 2.49. The molecule has 2 N–H and O–H groups in total. The molecule has 0 aromatic rings. The zero-order valence-corrected chi connectivity index (χ0v) is 20.6. The van der Waals surface area contributed by atoms with Crippen LogP contribution in [0.3, 0.4) is 0 Å².